The number of ether oxygens (including phenoxy) is 1. The van der Waals surface area contributed by atoms with Crippen molar-refractivity contribution in [1.82, 2.24) is 19.9 Å². The van der Waals surface area contributed by atoms with Crippen molar-refractivity contribution in [3.05, 3.63) is 34.8 Å². The van der Waals surface area contributed by atoms with Crippen LogP contribution in [0.4, 0.5) is 11.7 Å². The summed E-state index contributed by atoms with van der Waals surface area (Å²) in [7, 11) is 1.59. The predicted octanol–water partition coefficient (Wildman–Crippen LogP) is 1.65. The van der Waals surface area contributed by atoms with Crippen LogP contribution in [0.3, 0.4) is 0 Å². The summed E-state index contributed by atoms with van der Waals surface area (Å²) in [6, 6.07) is 2.69. The molecule has 0 saturated carbocycles. The van der Waals surface area contributed by atoms with E-state index < -0.39 is 4.92 Å². The van der Waals surface area contributed by atoms with E-state index in [2.05, 4.69) is 25.3 Å². The number of nitrogens with one attached hydrogen (secondary N) is 1. The summed E-state index contributed by atoms with van der Waals surface area (Å²) in [5, 5.41) is 14.5. The lowest BCUT2D eigenvalue weighted by Crippen LogP contribution is -2.10. The highest BCUT2D eigenvalue weighted by molar-refractivity contribution is 5.86. The second-order valence-electron chi connectivity index (χ2n) is 4.47. The maximum atomic E-state index is 10.7. The molecule has 0 aliphatic heterocycles. The van der Waals surface area contributed by atoms with E-state index >= 15 is 0 Å². The molecule has 0 saturated heterocycles. The number of hydrogen-bond acceptors (Lipinski definition) is 9. The van der Waals surface area contributed by atoms with Crippen molar-refractivity contribution in [3.8, 4) is 11.6 Å². The molecule has 0 fully saturated rings. The average Bonchev–Trinajstić information content (AvgIpc) is 3.05. The Kier molecular flexibility index (Phi) is 4.06. The van der Waals surface area contributed by atoms with E-state index in [1.54, 1.807) is 13.3 Å². The maximum Gasteiger partial charge on any atom is 0.433 e. The number of nitrogens with zero attached hydrogens (tertiary/aromatic N) is 5. The van der Waals surface area contributed by atoms with Gasteiger partial charge < -0.3 is 14.5 Å². The van der Waals surface area contributed by atoms with Crippen LogP contribution in [-0.4, -0.2) is 45.1 Å². The third-order valence-corrected chi connectivity index (χ3v) is 2.97. The fraction of sp³-hybridized carbons (Fsp3) is 0.231. The lowest BCUT2D eigenvalue weighted by Gasteiger charge is -2.08. The highest BCUT2D eigenvalue weighted by Gasteiger charge is 2.17. The van der Waals surface area contributed by atoms with Gasteiger partial charge in [0.05, 0.1) is 18.1 Å². The van der Waals surface area contributed by atoms with Gasteiger partial charge in [-0.2, -0.15) is 0 Å². The molecule has 118 valence electrons. The first-order valence-electron chi connectivity index (χ1n) is 6.64. The molecule has 0 unspecified atom stereocenters. The zero-order valence-corrected chi connectivity index (χ0v) is 12.1. The van der Waals surface area contributed by atoms with Crippen molar-refractivity contribution in [2.75, 3.05) is 25.6 Å². The molecule has 10 nitrogen and oxygen atoms in total. The van der Waals surface area contributed by atoms with Gasteiger partial charge in [0.1, 0.15) is 17.1 Å². The second kappa shape index (κ2) is 6.32. The number of rotatable bonds is 6. The standard InChI is InChI=1S/C13H12N6O4/c1-22-5-4-15-11-8-6-14-7-16-12(8)18-13(17-11)9-2-3-10(23-9)19(20)21/h2-3,6-7H,4-5H2,1H3,(H,14,15,16,17,18). The van der Waals surface area contributed by atoms with Gasteiger partial charge in [-0.3, -0.25) is 10.1 Å². The summed E-state index contributed by atoms with van der Waals surface area (Å²) in [5.74, 6) is 0.512. The van der Waals surface area contributed by atoms with Crippen LogP contribution in [-0.2, 0) is 4.74 Å². The maximum absolute atomic E-state index is 10.7. The quantitative estimate of drug-likeness (QED) is 0.409. The van der Waals surface area contributed by atoms with Gasteiger partial charge in [0, 0.05) is 19.9 Å². The molecule has 3 aromatic rings. The summed E-state index contributed by atoms with van der Waals surface area (Å²) in [5.41, 5.74) is 0.406. The van der Waals surface area contributed by atoms with Crippen molar-refractivity contribution >= 4 is 22.7 Å². The van der Waals surface area contributed by atoms with Crippen LogP contribution < -0.4 is 5.32 Å². The monoisotopic (exact) mass is 316 g/mol. The Bertz CT molecular complexity index is 849. The molecule has 3 heterocycles. The molecule has 3 rings (SSSR count). The highest BCUT2D eigenvalue weighted by atomic mass is 16.6. The Hall–Kier alpha value is -3.14. The minimum absolute atomic E-state index is 0.187. The van der Waals surface area contributed by atoms with E-state index in [9.17, 15) is 10.1 Å². The lowest BCUT2D eigenvalue weighted by atomic mass is 10.3. The fourth-order valence-corrected chi connectivity index (χ4v) is 1.93. The second-order valence-corrected chi connectivity index (χ2v) is 4.47. The van der Waals surface area contributed by atoms with Gasteiger partial charge in [0.2, 0.25) is 0 Å². The van der Waals surface area contributed by atoms with Gasteiger partial charge in [-0.25, -0.2) is 19.9 Å². The van der Waals surface area contributed by atoms with Crippen LogP contribution in [0.2, 0.25) is 0 Å². The molecule has 0 radical (unpaired) electrons. The van der Waals surface area contributed by atoms with Crippen molar-refractivity contribution in [3.63, 3.8) is 0 Å². The van der Waals surface area contributed by atoms with Gasteiger partial charge in [0.15, 0.2) is 17.2 Å². The van der Waals surface area contributed by atoms with E-state index in [0.29, 0.717) is 30.0 Å². The largest absolute Gasteiger partial charge is 0.433 e. The molecule has 3 aromatic heterocycles. The molecule has 23 heavy (non-hydrogen) atoms. The predicted molar refractivity (Wildman–Crippen MR) is 79.9 cm³/mol. The van der Waals surface area contributed by atoms with Crippen LogP contribution in [0, 0.1) is 10.1 Å². The average molecular weight is 316 g/mol. The van der Waals surface area contributed by atoms with E-state index in [1.807, 2.05) is 0 Å². The fourth-order valence-electron chi connectivity index (χ4n) is 1.93. The minimum atomic E-state index is -0.621. The molecule has 0 atom stereocenters. The third kappa shape index (κ3) is 3.06. The molecule has 0 amide bonds. The first kappa shape index (κ1) is 14.8. The Morgan fingerprint density at radius 1 is 1.39 bits per heavy atom. The van der Waals surface area contributed by atoms with Gasteiger partial charge in [-0.1, -0.05) is 0 Å². The number of anilines is 1. The number of nitro groups is 1. The van der Waals surface area contributed by atoms with Gasteiger partial charge >= 0.3 is 5.88 Å². The smallest absolute Gasteiger partial charge is 0.397 e. The van der Waals surface area contributed by atoms with Gasteiger partial charge in [-0.05, 0) is 6.07 Å². The molecule has 0 aromatic carbocycles. The summed E-state index contributed by atoms with van der Waals surface area (Å²) in [4.78, 5) is 26.7. The number of hydrogen-bond donors (Lipinski definition) is 1. The van der Waals surface area contributed by atoms with Gasteiger partial charge in [0.25, 0.3) is 0 Å². The SMILES string of the molecule is COCCNc1nc(-c2ccc([N+](=O)[O-])o2)nc2ncncc12. The number of fused-ring (bicyclic) bond motifs is 1. The molecule has 1 N–H and O–H groups in total. The summed E-state index contributed by atoms with van der Waals surface area (Å²) >= 11 is 0. The van der Waals surface area contributed by atoms with Crippen LogP contribution >= 0.6 is 0 Å². The minimum Gasteiger partial charge on any atom is -0.397 e. The Balaban J connectivity index is 2.04. The first-order valence-corrected chi connectivity index (χ1v) is 6.64. The molecular formula is C13H12N6O4. The van der Waals surface area contributed by atoms with Crippen molar-refractivity contribution in [2.24, 2.45) is 0 Å². The Morgan fingerprint density at radius 3 is 3.00 bits per heavy atom. The van der Waals surface area contributed by atoms with Crippen molar-refractivity contribution in [2.45, 2.75) is 0 Å². The molecule has 0 aliphatic rings. The Morgan fingerprint density at radius 2 is 2.26 bits per heavy atom. The van der Waals surface area contributed by atoms with Gasteiger partial charge in [-0.15, -0.1) is 0 Å². The van der Waals surface area contributed by atoms with Crippen molar-refractivity contribution < 1.29 is 14.1 Å². The topological polar surface area (TPSA) is 129 Å². The van der Waals surface area contributed by atoms with E-state index in [0.717, 1.165) is 0 Å². The highest BCUT2D eigenvalue weighted by Crippen LogP contribution is 2.26. The summed E-state index contributed by atoms with van der Waals surface area (Å²) < 4.78 is 10.1. The van der Waals surface area contributed by atoms with E-state index in [-0.39, 0.29) is 17.5 Å². The molecule has 0 bridgehead atoms. The molecule has 0 spiro atoms. The normalized spacial score (nSPS) is 10.8. The zero-order valence-electron chi connectivity index (χ0n) is 12.1. The van der Waals surface area contributed by atoms with Crippen molar-refractivity contribution in [1.29, 1.82) is 0 Å². The molecule has 10 heteroatoms. The Labute approximate surface area is 129 Å². The number of methoxy groups -OCH3 is 1. The molecular weight excluding hydrogens is 304 g/mol. The summed E-state index contributed by atoms with van der Waals surface area (Å²) in [6.07, 6.45) is 2.95. The van der Waals surface area contributed by atoms with Crippen LogP contribution in [0.25, 0.3) is 22.6 Å². The summed E-state index contributed by atoms with van der Waals surface area (Å²) in [6.45, 7) is 1.01. The van der Waals surface area contributed by atoms with Crippen LogP contribution in [0.1, 0.15) is 0 Å². The first-order chi connectivity index (χ1) is 11.2. The zero-order chi connectivity index (χ0) is 16.2. The number of furan rings is 1. The van der Waals surface area contributed by atoms with Crippen LogP contribution in [0.5, 0.6) is 0 Å². The molecule has 0 aliphatic carbocycles. The lowest BCUT2D eigenvalue weighted by molar-refractivity contribution is -0.401. The van der Waals surface area contributed by atoms with E-state index in [4.69, 9.17) is 9.15 Å². The number of aromatic nitrogens is 4. The van der Waals surface area contributed by atoms with Crippen LogP contribution in [0.15, 0.2) is 29.1 Å². The van der Waals surface area contributed by atoms with E-state index in [1.165, 1.54) is 18.5 Å². The third-order valence-electron chi connectivity index (χ3n) is 2.97.